The molecule has 3 rings (SSSR count). The summed E-state index contributed by atoms with van der Waals surface area (Å²) in [7, 11) is 0. The molecule has 0 saturated carbocycles. The zero-order valence-corrected chi connectivity index (χ0v) is 13.2. The second-order valence-electron chi connectivity index (χ2n) is 5.38. The SMILES string of the molecule is O=C(O)C1=C(c2ccc(F)cc2F)C=CCN1c1cccnc1C(=O)O. The first-order valence-electron chi connectivity index (χ1n) is 7.45. The van der Waals surface area contributed by atoms with E-state index in [1.807, 2.05) is 0 Å². The maximum Gasteiger partial charge on any atom is 0.356 e. The van der Waals surface area contributed by atoms with E-state index in [2.05, 4.69) is 4.98 Å². The molecule has 132 valence electrons. The van der Waals surface area contributed by atoms with Crippen molar-refractivity contribution in [3.8, 4) is 0 Å². The first-order valence-corrected chi connectivity index (χ1v) is 7.45. The topological polar surface area (TPSA) is 90.7 Å². The number of pyridine rings is 1. The monoisotopic (exact) mass is 358 g/mol. The van der Waals surface area contributed by atoms with E-state index in [0.29, 0.717) is 6.07 Å². The summed E-state index contributed by atoms with van der Waals surface area (Å²) < 4.78 is 27.4. The zero-order valence-electron chi connectivity index (χ0n) is 13.2. The number of carboxylic acids is 2. The molecule has 0 saturated heterocycles. The van der Waals surface area contributed by atoms with E-state index in [4.69, 9.17) is 0 Å². The van der Waals surface area contributed by atoms with Crippen molar-refractivity contribution < 1.29 is 28.6 Å². The van der Waals surface area contributed by atoms with Crippen molar-refractivity contribution in [3.05, 3.63) is 77.3 Å². The Kier molecular flexibility index (Phi) is 4.49. The zero-order chi connectivity index (χ0) is 18.8. The largest absolute Gasteiger partial charge is 0.477 e. The number of benzene rings is 1. The second-order valence-corrected chi connectivity index (χ2v) is 5.38. The highest BCUT2D eigenvalue weighted by Gasteiger charge is 2.29. The van der Waals surface area contributed by atoms with Crippen molar-refractivity contribution in [1.29, 1.82) is 0 Å². The molecular formula is C18H12F2N2O4. The van der Waals surface area contributed by atoms with Crippen LogP contribution in [0.1, 0.15) is 16.1 Å². The van der Waals surface area contributed by atoms with Crippen LogP contribution >= 0.6 is 0 Å². The molecule has 0 aliphatic carbocycles. The highest BCUT2D eigenvalue weighted by Crippen LogP contribution is 2.33. The fourth-order valence-electron chi connectivity index (χ4n) is 2.75. The number of carboxylic acid groups (broad SMARTS) is 2. The van der Waals surface area contributed by atoms with E-state index in [9.17, 15) is 28.6 Å². The normalized spacial score (nSPS) is 13.8. The van der Waals surface area contributed by atoms with Crippen molar-refractivity contribution in [2.75, 3.05) is 11.4 Å². The number of aromatic nitrogens is 1. The first-order chi connectivity index (χ1) is 12.4. The van der Waals surface area contributed by atoms with Crippen LogP contribution in [0, 0.1) is 11.6 Å². The number of rotatable bonds is 4. The summed E-state index contributed by atoms with van der Waals surface area (Å²) in [5.74, 6) is -4.42. The number of aromatic carboxylic acids is 1. The van der Waals surface area contributed by atoms with Crippen molar-refractivity contribution in [1.82, 2.24) is 4.98 Å². The molecule has 8 heteroatoms. The molecule has 2 heterocycles. The molecule has 0 bridgehead atoms. The highest BCUT2D eigenvalue weighted by molar-refractivity contribution is 6.05. The predicted molar refractivity (Wildman–Crippen MR) is 88.6 cm³/mol. The highest BCUT2D eigenvalue weighted by atomic mass is 19.1. The van der Waals surface area contributed by atoms with Gasteiger partial charge >= 0.3 is 11.9 Å². The van der Waals surface area contributed by atoms with Crippen LogP contribution in [0.2, 0.25) is 0 Å². The van der Waals surface area contributed by atoms with Crippen molar-refractivity contribution >= 4 is 23.2 Å². The van der Waals surface area contributed by atoms with E-state index in [1.165, 1.54) is 29.3 Å². The molecule has 1 aromatic heterocycles. The fourth-order valence-corrected chi connectivity index (χ4v) is 2.75. The lowest BCUT2D eigenvalue weighted by atomic mass is 9.98. The fraction of sp³-hybridized carbons (Fsp3) is 0.0556. The molecule has 1 aromatic carbocycles. The number of allylic oxidation sites excluding steroid dienone is 2. The van der Waals surface area contributed by atoms with Crippen LogP contribution in [-0.4, -0.2) is 33.7 Å². The summed E-state index contributed by atoms with van der Waals surface area (Å²) >= 11 is 0. The molecule has 26 heavy (non-hydrogen) atoms. The average molecular weight is 358 g/mol. The lowest BCUT2D eigenvalue weighted by molar-refractivity contribution is -0.132. The summed E-state index contributed by atoms with van der Waals surface area (Å²) in [6.07, 6.45) is 4.24. The Morgan fingerprint density at radius 2 is 1.88 bits per heavy atom. The third kappa shape index (κ3) is 3.04. The third-order valence-corrected chi connectivity index (χ3v) is 3.80. The molecule has 0 radical (unpaired) electrons. The number of carbonyl (C=O) groups is 2. The molecule has 0 spiro atoms. The van der Waals surface area contributed by atoms with Crippen molar-refractivity contribution in [2.45, 2.75) is 0 Å². The minimum absolute atomic E-state index is 0.00134. The first kappa shape index (κ1) is 17.3. The maximum absolute atomic E-state index is 14.2. The van der Waals surface area contributed by atoms with Gasteiger partial charge in [-0.3, -0.25) is 0 Å². The quantitative estimate of drug-likeness (QED) is 0.873. The van der Waals surface area contributed by atoms with Gasteiger partial charge in [-0.25, -0.2) is 23.4 Å². The average Bonchev–Trinajstić information content (AvgIpc) is 2.61. The van der Waals surface area contributed by atoms with Crippen LogP contribution in [0.25, 0.3) is 5.57 Å². The van der Waals surface area contributed by atoms with Gasteiger partial charge in [-0.1, -0.05) is 12.2 Å². The van der Waals surface area contributed by atoms with Gasteiger partial charge in [0.1, 0.15) is 17.3 Å². The summed E-state index contributed by atoms with van der Waals surface area (Å²) in [6.45, 7) is 0.0555. The maximum atomic E-state index is 14.2. The summed E-state index contributed by atoms with van der Waals surface area (Å²) in [4.78, 5) is 28.3. The van der Waals surface area contributed by atoms with Crippen LogP contribution in [0.5, 0.6) is 0 Å². The van der Waals surface area contributed by atoms with E-state index in [-0.39, 0.29) is 34.8 Å². The number of nitrogens with zero attached hydrogens (tertiary/aromatic N) is 2. The Labute approximate surface area is 146 Å². The Bertz CT molecular complexity index is 969. The molecule has 6 nitrogen and oxygen atoms in total. The molecule has 0 atom stereocenters. The number of anilines is 1. The Morgan fingerprint density at radius 3 is 2.54 bits per heavy atom. The molecule has 0 amide bonds. The molecule has 0 unspecified atom stereocenters. The lowest BCUT2D eigenvalue weighted by Gasteiger charge is -2.29. The minimum Gasteiger partial charge on any atom is -0.477 e. The van der Waals surface area contributed by atoms with E-state index >= 15 is 0 Å². The minimum atomic E-state index is -1.38. The van der Waals surface area contributed by atoms with Crippen LogP contribution in [0.4, 0.5) is 14.5 Å². The lowest BCUT2D eigenvalue weighted by Crippen LogP contribution is -2.32. The Hall–Kier alpha value is -3.55. The van der Waals surface area contributed by atoms with E-state index in [0.717, 1.165) is 12.1 Å². The molecule has 2 N–H and O–H groups in total. The van der Waals surface area contributed by atoms with Crippen LogP contribution < -0.4 is 4.90 Å². The second kappa shape index (κ2) is 6.75. The summed E-state index contributed by atoms with van der Waals surface area (Å²) in [5.41, 5.74) is -0.706. The summed E-state index contributed by atoms with van der Waals surface area (Å²) in [5, 5.41) is 19.0. The Balaban J connectivity index is 2.23. The molecular weight excluding hydrogens is 346 g/mol. The van der Waals surface area contributed by atoms with Crippen molar-refractivity contribution in [3.63, 3.8) is 0 Å². The van der Waals surface area contributed by atoms with E-state index in [1.54, 1.807) is 6.08 Å². The molecule has 1 aliphatic rings. The third-order valence-electron chi connectivity index (χ3n) is 3.80. The number of aliphatic carboxylic acids is 1. The van der Waals surface area contributed by atoms with Crippen LogP contribution in [0.3, 0.4) is 0 Å². The van der Waals surface area contributed by atoms with E-state index < -0.39 is 23.6 Å². The Morgan fingerprint density at radius 1 is 1.12 bits per heavy atom. The van der Waals surface area contributed by atoms with Gasteiger partial charge in [-0.05, 0) is 24.3 Å². The van der Waals surface area contributed by atoms with Crippen LogP contribution in [0.15, 0.2) is 54.4 Å². The molecule has 0 fully saturated rings. The van der Waals surface area contributed by atoms with Gasteiger partial charge in [0.25, 0.3) is 0 Å². The van der Waals surface area contributed by atoms with Gasteiger partial charge in [0.05, 0.1) is 5.69 Å². The molecule has 2 aromatic rings. The smallest absolute Gasteiger partial charge is 0.356 e. The van der Waals surface area contributed by atoms with Gasteiger partial charge in [0, 0.05) is 29.9 Å². The van der Waals surface area contributed by atoms with Gasteiger partial charge < -0.3 is 15.1 Å². The van der Waals surface area contributed by atoms with Gasteiger partial charge in [0.2, 0.25) is 0 Å². The van der Waals surface area contributed by atoms with Crippen LogP contribution in [-0.2, 0) is 4.79 Å². The van der Waals surface area contributed by atoms with Gasteiger partial charge in [-0.2, -0.15) is 0 Å². The molecule has 1 aliphatic heterocycles. The standard InChI is InChI=1S/C18H12F2N2O4/c19-10-5-6-11(13(20)9-10)12-3-2-8-22(16(12)18(25)26)14-4-1-7-21-15(14)17(23)24/h1-7,9H,8H2,(H,23,24)(H,25,26). The van der Waals surface area contributed by atoms with Gasteiger partial charge in [-0.15, -0.1) is 0 Å². The number of halogens is 2. The van der Waals surface area contributed by atoms with Gasteiger partial charge in [0.15, 0.2) is 5.69 Å². The predicted octanol–water partition coefficient (Wildman–Crippen LogP) is 2.93. The number of hydrogen-bond acceptors (Lipinski definition) is 4. The van der Waals surface area contributed by atoms with Crippen molar-refractivity contribution in [2.24, 2.45) is 0 Å². The summed E-state index contributed by atoms with van der Waals surface area (Å²) in [6, 6.07) is 5.69. The number of hydrogen-bond donors (Lipinski definition) is 2.